The van der Waals surface area contributed by atoms with Crippen LogP contribution in [0.1, 0.15) is 86.5 Å². The molecule has 3 heterocycles. The van der Waals surface area contributed by atoms with Crippen LogP contribution in [0.25, 0.3) is 22.3 Å². The number of carbonyl (C=O) groups excluding carboxylic acids is 3. The van der Waals surface area contributed by atoms with Gasteiger partial charge in [0.15, 0.2) is 5.13 Å². The monoisotopic (exact) mass is 853 g/mol. The molecule has 3 aromatic rings. The van der Waals surface area contributed by atoms with Crippen LogP contribution in [0.4, 0.5) is 5.13 Å². The highest BCUT2D eigenvalue weighted by Crippen LogP contribution is 2.53. The minimum absolute atomic E-state index is 0.00601. The van der Waals surface area contributed by atoms with E-state index in [1.54, 1.807) is 25.3 Å². The van der Waals surface area contributed by atoms with Gasteiger partial charge in [0.2, 0.25) is 11.8 Å². The van der Waals surface area contributed by atoms with Gasteiger partial charge in [-0.15, -0.1) is 11.3 Å². The number of nitrogens with zero attached hydrogens (tertiary/aromatic N) is 3. The molecular formula is C43H56ClN5O9S. The standard InChI is InChI=1S/C43H56ClN5O9S/c1-8-25-19-43(25,40(53)54)48-38(51)32-16-27(20-49(32)39(52)29(42(4,5)6)17-35(50)58-26-14-23-13-24(23)15-26)57-34-18-30(31-21-59-41(47-31)45-22(2)3)46-37-28(34)9-10-33(36(37)44)56-12-11-55-7/h9-10,18,21-27,29,32H,8,11-17,19-20H2,1-7H3,(H,45,47)(H,48,51)(H,53,54)/t23-,24+,25-,26?,27-,29-,32+,43-/m1/s1. The lowest BCUT2D eigenvalue weighted by Gasteiger charge is -2.35. The molecule has 0 spiro atoms. The minimum Gasteiger partial charge on any atom is -0.490 e. The number of thiazole rings is 1. The van der Waals surface area contributed by atoms with Gasteiger partial charge >= 0.3 is 11.9 Å². The second-order valence-corrected chi connectivity index (χ2v) is 19.2. The number of hydrogen-bond donors (Lipinski definition) is 3. The van der Waals surface area contributed by atoms with Crippen molar-refractivity contribution < 1.29 is 43.2 Å². The minimum atomic E-state index is -1.40. The number of halogens is 1. The Morgan fingerprint density at radius 1 is 1.03 bits per heavy atom. The summed E-state index contributed by atoms with van der Waals surface area (Å²) in [5, 5.41) is 19.8. The zero-order valence-electron chi connectivity index (χ0n) is 34.8. The zero-order chi connectivity index (χ0) is 42.4. The van der Waals surface area contributed by atoms with Crippen molar-refractivity contribution in [3.8, 4) is 22.9 Å². The molecule has 59 heavy (non-hydrogen) atoms. The Kier molecular flexibility index (Phi) is 12.4. The van der Waals surface area contributed by atoms with Crippen molar-refractivity contribution in [1.82, 2.24) is 20.2 Å². The molecule has 14 nitrogen and oxygen atoms in total. The van der Waals surface area contributed by atoms with Crippen LogP contribution in [0.15, 0.2) is 23.6 Å². The average molecular weight is 854 g/mol. The normalized spacial score (nSPS) is 26.4. The molecule has 3 N–H and O–H groups in total. The summed E-state index contributed by atoms with van der Waals surface area (Å²) < 4.78 is 23.7. The SMILES string of the molecule is CC[C@@H]1C[C@]1(NC(=O)[C@@H]1C[C@@H](Oc2cc(-c3csc(NC(C)C)n3)nc3c(Cl)c(OCCOC)ccc23)CN1C(=O)[C@@H](CC(=O)OC1C[C@@H]2C[C@@H]2C1)C(C)(C)C)C(=O)O. The van der Waals surface area contributed by atoms with Crippen LogP contribution in [0.5, 0.6) is 11.5 Å². The number of benzene rings is 1. The van der Waals surface area contributed by atoms with E-state index in [1.165, 1.54) is 22.7 Å². The van der Waals surface area contributed by atoms with E-state index in [2.05, 4.69) is 10.6 Å². The molecule has 4 fully saturated rings. The smallest absolute Gasteiger partial charge is 0.329 e. The van der Waals surface area contributed by atoms with Crippen LogP contribution in [-0.4, -0.2) is 100 Å². The van der Waals surface area contributed by atoms with E-state index in [0.29, 0.717) is 65.1 Å². The van der Waals surface area contributed by atoms with Crippen LogP contribution in [0.3, 0.4) is 0 Å². The lowest BCUT2D eigenvalue weighted by Crippen LogP contribution is -2.54. The lowest BCUT2D eigenvalue weighted by atomic mass is 9.77. The molecule has 4 aliphatic rings. The molecule has 0 bridgehead atoms. The number of carboxylic acid groups (broad SMARTS) is 1. The number of fused-ring (bicyclic) bond motifs is 2. The Labute approximate surface area is 354 Å². The van der Waals surface area contributed by atoms with Gasteiger partial charge in [-0.1, -0.05) is 45.7 Å². The molecule has 3 aliphatic carbocycles. The molecule has 8 atom stereocenters. The number of carboxylic acids is 1. The Bertz CT molecular complexity index is 2080. The summed E-state index contributed by atoms with van der Waals surface area (Å²) in [6, 6.07) is 4.40. The molecule has 1 aliphatic heterocycles. The summed E-state index contributed by atoms with van der Waals surface area (Å²) in [6.07, 6.45) is 2.88. The van der Waals surface area contributed by atoms with E-state index in [0.717, 1.165) is 18.0 Å². The van der Waals surface area contributed by atoms with Crippen molar-refractivity contribution in [2.24, 2.45) is 29.1 Å². The number of pyridine rings is 1. The maximum Gasteiger partial charge on any atom is 0.329 e. The Morgan fingerprint density at radius 2 is 1.78 bits per heavy atom. The van der Waals surface area contributed by atoms with Crippen LogP contribution < -0.4 is 20.1 Å². The lowest BCUT2D eigenvalue weighted by molar-refractivity contribution is -0.157. The molecule has 1 saturated heterocycles. The van der Waals surface area contributed by atoms with Crippen molar-refractivity contribution in [2.75, 3.05) is 32.2 Å². The molecule has 1 unspecified atom stereocenters. The third-order valence-corrected chi connectivity index (χ3v) is 13.4. The number of aliphatic carboxylic acids is 1. The number of ether oxygens (including phenoxy) is 4. The van der Waals surface area contributed by atoms with Gasteiger partial charge in [-0.05, 0) is 74.8 Å². The number of likely N-dealkylation sites (tertiary alicyclic amines) is 1. The first kappa shape index (κ1) is 42.9. The van der Waals surface area contributed by atoms with Crippen LogP contribution >= 0.6 is 22.9 Å². The van der Waals surface area contributed by atoms with E-state index in [9.17, 15) is 24.3 Å². The second kappa shape index (κ2) is 17.0. The summed E-state index contributed by atoms with van der Waals surface area (Å²) in [7, 11) is 1.58. The average Bonchev–Trinajstić information content (AvgIpc) is 3.84. The maximum atomic E-state index is 14.8. The van der Waals surface area contributed by atoms with Gasteiger partial charge in [-0.2, -0.15) is 0 Å². The second-order valence-electron chi connectivity index (χ2n) is 18.0. The number of esters is 1. The quantitative estimate of drug-likeness (QED) is 0.0940. The fourth-order valence-corrected chi connectivity index (χ4v) is 9.87. The number of methoxy groups -OCH3 is 1. The van der Waals surface area contributed by atoms with Gasteiger partial charge in [0.25, 0.3) is 0 Å². The Hall–Kier alpha value is -4.21. The predicted molar refractivity (Wildman–Crippen MR) is 224 cm³/mol. The molecule has 2 aromatic heterocycles. The summed E-state index contributed by atoms with van der Waals surface area (Å²) in [5.41, 5.74) is -0.580. The third-order valence-electron chi connectivity index (χ3n) is 12.3. The van der Waals surface area contributed by atoms with E-state index in [-0.39, 0.29) is 49.1 Å². The first-order valence-corrected chi connectivity index (χ1v) is 22.0. The molecule has 2 amide bonds. The van der Waals surface area contributed by atoms with Gasteiger partial charge in [0.05, 0.1) is 36.7 Å². The summed E-state index contributed by atoms with van der Waals surface area (Å²) >= 11 is 8.40. The van der Waals surface area contributed by atoms with Crippen molar-refractivity contribution >= 4 is 62.7 Å². The molecule has 320 valence electrons. The van der Waals surface area contributed by atoms with Crippen molar-refractivity contribution in [2.45, 2.75) is 116 Å². The van der Waals surface area contributed by atoms with Gasteiger partial charge < -0.3 is 39.6 Å². The van der Waals surface area contributed by atoms with Crippen molar-refractivity contribution in [3.63, 3.8) is 0 Å². The number of nitrogens with one attached hydrogen (secondary N) is 2. The predicted octanol–water partition coefficient (Wildman–Crippen LogP) is 6.97. The zero-order valence-corrected chi connectivity index (χ0v) is 36.4. The molecule has 3 saturated carbocycles. The van der Waals surface area contributed by atoms with Gasteiger partial charge in [-0.3, -0.25) is 14.4 Å². The maximum absolute atomic E-state index is 14.8. The number of hydrogen-bond acceptors (Lipinski definition) is 12. The highest BCUT2D eigenvalue weighted by molar-refractivity contribution is 7.14. The fraction of sp³-hybridized carbons (Fsp3) is 0.628. The van der Waals surface area contributed by atoms with Crippen LogP contribution in [-0.2, 0) is 28.7 Å². The number of carbonyl (C=O) groups is 4. The molecule has 1 aromatic carbocycles. The van der Waals surface area contributed by atoms with Gasteiger partial charge in [0.1, 0.15) is 52.6 Å². The molecule has 0 radical (unpaired) electrons. The highest BCUT2D eigenvalue weighted by atomic mass is 35.5. The largest absolute Gasteiger partial charge is 0.490 e. The topological polar surface area (TPSA) is 179 Å². The number of rotatable bonds is 17. The highest BCUT2D eigenvalue weighted by Gasteiger charge is 2.61. The fourth-order valence-electron chi connectivity index (χ4n) is 8.76. The molecule has 7 rings (SSSR count). The van der Waals surface area contributed by atoms with Crippen LogP contribution in [0.2, 0.25) is 5.02 Å². The third kappa shape index (κ3) is 9.26. The Balaban J connectivity index is 1.21. The van der Waals surface area contributed by atoms with Gasteiger partial charge in [-0.25, -0.2) is 14.8 Å². The Morgan fingerprint density at radius 3 is 2.42 bits per heavy atom. The van der Waals surface area contributed by atoms with E-state index >= 15 is 0 Å². The first-order chi connectivity index (χ1) is 28.0. The first-order valence-electron chi connectivity index (χ1n) is 20.7. The van der Waals surface area contributed by atoms with Crippen LogP contribution in [0, 0.1) is 29.1 Å². The molecular weight excluding hydrogens is 798 g/mol. The van der Waals surface area contributed by atoms with E-state index in [4.69, 9.17) is 40.5 Å². The van der Waals surface area contributed by atoms with Crippen molar-refractivity contribution in [1.29, 1.82) is 0 Å². The summed E-state index contributed by atoms with van der Waals surface area (Å²) in [5.74, 6) is -1.47. The number of amides is 2. The van der Waals surface area contributed by atoms with Crippen molar-refractivity contribution in [3.05, 3.63) is 28.6 Å². The summed E-state index contributed by atoms with van der Waals surface area (Å²) in [4.78, 5) is 66.1. The van der Waals surface area contributed by atoms with E-state index in [1.807, 2.05) is 46.9 Å². The summed E-state index contributed by atoms with van der Waals surface area (Å²) in [6.45, 7) is 12.3. The number of anilines is 1. The number of aromatic nitrogens is 2. The molecule has 16 heteroatoms. The van der Waals surface area contributed by atoms with E-state index < -0.39 is 52.8 Å². The van der Waals surface area contributed by atoms with Gasteiger partial charge in [0, 0.05) is 36.4 Å².